The highest BCUT2D eigenvalue weighted by molar-refractivity contribution is 6.09. The number of Topliss-reactive ketones (excluding diaryl/α,β-unsaturated/α-hetero) is 1. The quantitative estimate of drug-likeness (QED) is 0.531. The van der Waals surface area contributed by atoms with E-state index in [4.69, 9.17) is 9.73 Å². The first-order valence-electron chi connectivity index (χ1n) is 10.2. The van der Waals surface area contributed by atoms with Crippen molar-refractivity contribution < 1.29 is 14.3 Å². The largest absolute Gasteiger partial charge is 0.465 e. The van der Waals surface area contributed by atoms with Crippen LogP contribution >= 0.6 is 0 Å². The van der Waals surface area contributed by atoms with Crippen molar-refractivity contribution in [2.45, 2.75) is 65.7 Å². The van der Waals surface area contributed by atoms with E-state index in [0.717, 1.165) is 42.7 Å². The number of carbonyl (C=O) groups excluding carboxylic acids is 2. The lowest BCUT2D eigenvalue weighted by molar-refractivity contribution is -0.146. The molecule has 3 rings (SSSR count). The topological polar surface area (TPSA) is 68.6 Å². The highest BCUT2D eigenvalue weighted by Gasteiger charge is 2.45. The van der Waals surface area contributed by atoms with E-state index in [2.05, 4.69) is 25.8 Å². The van der Waals surface area contributed by atoms with Crippen LogP contribution in [0, 0.1) is 11.3 Å². The third-order valence-corrected chi connectivity index (χ3v) is 5.61. The predicted molar refractivity (Wildman–Crippen MR) is 109 cm³/mol. The lowest BCUT2D eigenvalue weighted by Gasteiger charge is -2.38. The van der Waals surface area contributed by atoms with Crippen LogP contribution in [-0.4, -0.2) is 29.1 Å². The van der Waals surface area contributed by atoms with E-state index >= 15 is 0 Å². The van der Waals surface area contributed by atoms with E-state index in [0.29, 0.717) is 18.6 Å². The molecule has 150 valence electrons. The van der Waals surface area contributed by atoms with Gasteiger partial charge in [0.05, 0.1) is 6.61 Å². The summed E-state index contributed by atoms with van der Waals surface area (Å²) < 4.78 is 5.59. The Balaban J connectivity index is 1.99. The number of carbonyl (C=O) groups is 2. The third kappa shape index (κ3) is 4.23. The molecule has 0 amide bonds. The molecular formula is C23H30N2O3. The minimum Gasteiger partial charge on any atom is -0.465 e. The summed E-state index contributed by atoms with van der Waals surface area (Å²) in [6.07, 6.45) is 7.58. The van der Waals surface area contributed by atoms with Crippen molar-refractivity contribution >= 4 is 17.5 Å². The molecule has 0 saturated heterocycles. The number of hydrogen-bond donors (Lipinski definition) is 0. The van der Waals surface area contributed by atoms with Gasteiger partial charge >= 0.3 is 5.97 Å². The number of aliphatic imine (C=N–C) groups is 1. The Morgan fingerprint density at radius 1 is 1.21 bits per heavy atom. The van der Waals surface area contributed by atoms with E-state index in [1.54, 1.807) is 12.4 Å². The second-order valence-electron chi connectivity index (χ2n) is 8.66. The molecule has 2 aliphatic rings. The van der Waals surface area contributed by atoms with Gasteiger partial charge in [0.15, 0.2) is 5.78 Å². The molecule has 0 fully saturated rings. The maximum Gasteiger partial charge on any atom is 0.315 e. The molecule has 0 bridgehead atoms. The minimum absolute atomic E-state index is 0.0908. The molecule has 1 aromatic heterocycles. The number of aromatic nitrogens is 1. The third-order valence-electron chi connectivity index (χ3n) is 5.61. The standard InChI is InChI=1S/C23H30N2O3/c1-5-6-7-12-28-22(27)19-15(2)25-17-13-23(3,4)14-18(26)21(17)20(19)16-8-10-24-11-9-16/h8-11,19-20H,5-7,12-14H2,1-4H3/t19?,20-/m1/s1. The molecule has 0 saturated carbocycles. The van der Waals surface area contributed by atoms with Gasteiger partial charge in [-0.1, -0.05) is 33.6 Å². The number of esters is 1. The van der Waals surface area contributed by atoms with Gasteiger partial charge in [-0.25, -0.2) is 0 Å². The number of hydrogen-bond acceptors (Lipinski definition) is 5. The molecule has 1 aliphatic carbocycles. The van der Waals surface area contributed by atoms with Gasteiger partial charge in [-0.3, -0.25) is 19.6 Å². The Morgan fingerprint density at radius 3 is 2.61 bits per heavy atom. The van der Waals surface area contributed by atoms with Crippen molar-refractivity contribution in [2.24, 2.45) is 16.3 Å². The molecule has 0 spiro atoms. The molecule has 0 N–H and O–H groups in total. The van der Waals surface area contributed by atoms with Crippen LogP contribution in [0.5, 0.6) is 0 Å². The Morgan fingerprint density at radius 2 is 1.93 bits per heavy atom. The molecule has 28 heavy (non-hydrogen) atoms. The number of pyridine rings is 1. The molecule has 5 nitrogen and oxygen atoms in total. The normalized spacial score (nSPS) is 23.9. The second-order valence-corrected chi connectivity index (χ2v) is 8.66. The maximum absolute atomic E-state index is 13.1. The smallest absolute Gasteiger partial charge is 0.315 e. The average Bonchev–Trinajstić information content (AvgIpc) is 2.63. The van der Waals surface area contributed by atoms with Crippen molar-refractivity contribution in [3.8, 4) is 0 Å². The van der Waals surface area contributed by atoms with Crippen LogP contribution in [0.25, 0.3) is 0 Å². The Kier molecular flexibility index (Phi) is 6.11. The van der Waals surface area contributed by atoms with Gasteiger partial charge in [0.2, 0.25) is 0 Å². The summed E-state index contributed by atoms with van der Waals surface area (Å²) in [4.78, 5) is 34.9. The number of nitrogens with zero attached hydrogens (tertiary/aromatic N) is 2. The SMILES string of the molecule is CCCCCOC(=O)C1C(C)=NC2=C(C(=O)CC(C)(C)C2)[C@@H]1c1ccncc1. The fraction of sp³-hybridized carbons (Fsp3) is 0.565. The molecule has 0 aromatic carbocycles. The van der Waals surface area contributed by atoms with E-state index in [9.17, 15) is 9.59 Å². The maximum atomic E-state index is 13.1. The molecule has 2 atom stereocenters. The van der Waals surface area contributed by atoms with Gasteiger partial charge < -0.3 is 4.74 Å². The lowest BCUT2D eigenvalue weighted by atomic mass is 9.67. The zero-order valence-electron chi connectivity index (χ0n) is 17.3. The predicted octanol–water partition coefficient (Wildman–Crippen LogP) is 4.63. The Hall–Kier alpha value is -2.30. The van der Waals surface area contributed by atoms with Crippen LogP contribution in [0.1, 0.15) is 71.3 Å². The van der Waals surface area contributed by atoms with Crippen LogP contribution in [-0.2, 0) is 14.3 Å². The number of ketones is 1. The van der Waals surface area contributed by atoms with Gasteiger partial charge in [-0.05, 0) is 42.9 Å². The van der Waals surface area contributed by atoms with E-state index < -0.39 is 5.92 Å². The summed E-state index contributed by atoms with van der Waals surface area (Å²) in [5.41, 5.74) is 3.05. The summed E-state index contributed by atoms with van der Waals surface area (Å²) in [6.45, 7) is 8.59. The minimum atomic E-state index is -0.562. The lowest BCUT2D eigenvalue weighted by Crippen LogP contribution is -2.39. The molecule has 1 unspecified atom stereocenters. The van der Waals surface area contributed by atoms with Gasteiger partial charge in [-0.2, -0.15) is 0 Å². The molecule has 0 radical (unpaired) electrons. The van der Waals surface area contributed by atoms with E-state index in [-0.39, 0.29) is 23.1 Å². The van der Waals surface area contributed by atoms with Crippen LogP contribution in [0.15, 0.2) is 40.8 Å². The van der Waals surface area contributed by atoms with Crippen LogP contribution < -0.4 is 0 Å². The first-order chi connectivity index (χ1) is 13.3. The zero-order valence-corrected chi connectivity index (χ0v) is 17.3. The molecule has 5 heteroatoms. The van der Waals surface area contributed by atoms with Crippen molar-refractivity contribution in [2.75, 3.05) is 6.61 Å². The van der Waals surface area contributed by atoms with Gasteiger partial charge in [-0.15, -0.1) is 0 Å². The zero-order chi connectivity index (χ0) is 20.3. The molecule has 1 aromatic rings. The Labute approximate surface area is 167 Å². The summed E-state index contributed by atoms with van der Waals surface area (Å²) in [7, 11) is 0. The summed E-state index contributed by atoms with van der Waals surface area (Å²) in [5.74, 6) is -1.11. The first kappa shape index (κ1) is 20.4. The Bertz CT molecular complexity index is 808. The second kappa shape index (κ2) is 8.38. The molecular weight excluding hydrogens is 352 g/mol. The molecule has 1 aliphatic heterocycles. The van der Waals surface area contributed by atoms with Gasteiger partial charge in [0, 0.05) is 41.7 Å². The highest BCUT2D eigenvalue weighted by atomic mass is 16.5. The fourth-order valence-electron chi connectivity index (χ4n) is 4.30. The number of allylic oxidation sites excluding steroid dienone is 2. The van der Waals surface area contributed by atoms with Crippen molar-refractivity contribution in [3.05, 3.63) is 41.4 Å². The van der Waals surface area contributed by atoms with E-state index in [1.165, 1.54) is 0 Å². The van der Waals surface area contributed by atoms with Gasteiger partial charge in [0.1, 0.15) is 5.92 Å². The van der Waals surface area contributed by atoms with Crippen LogP contribution in [0.4, 0.5) is 0 Å². The number of rotatable bonds is 6. The van der Waals surface area contributed by atoms with E-state index in [1.807, 2.05) is 19.1 Å². The van der Waals surface area contributed by atoms with Crippen LogP contribution in [0.2, 0.25) is 0 Å². The monoisotopic (exact) mass is 382 g/mol. The van der Waals surface area contributed by atoms with Crippen molar-refractivity contribution in [1.82, 2.24) is 4.98 Å². The average molecular weight is 383 g/mol. The number of ether oxygens (including phenoxy) is 1. The van der Waals surface area contributed by atoms with Gasteiger partial charge in [0.25, 0.3) is 0 Å². The van der Waals surface area contributed by atoms with Crippen molar-refractivity contribution in [1.29, 1.82) is 0 Å². The first-order valence-corrected chi connectivity index (χ1v) is 10.2. The fourth-order valence-corrected chi connectivity index (χ4v) is 4.30. The van der Waals surface area contributed by atoms with Crippen molar-refractivity contribution in [3.63, 3.8) is 0 Å². The highest BCUT2D eigenvalue weighted by Crippen LogP contribution is 2.47. The molecule has 2 heterocycles. The van der Waals surface area contributed by atoms with Crippen LogP contribution in [0.3, 0.4) is 0 Å². The summed E-state index contributed by atoms with van der Waals surface area (Å²) >= 11 is 0. The number of unbranched alkanes of at least 4 members (excludes halogenated alkanes) is 2. The summed E-state index contributed by atoms with van der Waals surface area (Å²) in [6, 6.07) is 3.77. The summed E-state index contributed by atoms with van der Waals surface area (Å²) in [5, 5.41) is 0.